The molecule has 21 heavy (non-hydrogen) atoms. The molecule has 3 nitrogen and oxygen atoms in total. The van der Waals surface area contributed by atoms with Crippen LogP contribution in [0.25, 0.3) is 0 Å². The first-order valence-electron chi connectivity index (χ1n) is 7.47. The Kier molecular flexibility index (Phi) is 5.77. The Bertz CT molecular complexity index is 554. The van der Waals surface area contributed by atoms with E-state index in [1.54, 1.807) is 12.1 Å². The summed E-state index contributed by atoms with van der Waals surface area (Å²) in [5, 5.41) is 2.74. The highest BCUT2D eigenvalue weighted by molar-refractivity contribution is 5.90. The minimum Gasteiger partial charge on any atom is -0.326 e. The number of hydrogen-bond donors (Lipinski definition) is 2. The molecule has 0 bridgehead atoms. The number of nitrogens with two attached hydrogens (primary N) is 1. The van der Waals surface area contributed by atoms with Crippen LogP contribution >= 0.6 is 0 Å². The van der Waals surface area contributed by atoms with E-state index in [2.05, 4.69) is 17.2 Å². The van der Waals surface area contributed by atoms with Gasteiger partial charge < -0.3 is 11.1 Å². The van der Waals surface area contributed by atoms with Crippen molar-refractivity contribution in [2.75, 3.05) is 11.9 Å². The fourth-order valence-corrected chi connectivity index (χ4v) is 2.70. The lowest BCUT2D eigenvalue weighted by atomic mass is 10.0. The summed E-state index contributed by atoms with van der Waals surface area (Å²) >= 11 is 0. The first kappa shape index (κ1) is 15.5. The quantitative estimate of drug-likeness (QED) is 0.837. The van der Waals surface area contributed by atoms with Gasteiger partial charge in [0.15, 0.2) is 0 Å². The fraction of sp³-hybridized carbons (Fsp3) is 0.471. The Hall–Kier alpha value is -1.86. The second-order valence-corrected chi connectivity index (χ2v) is 5.44. The van der Waals surface area contributed by atoms with E-state index >= 15 is 0 Å². The average Bonchev–Trinajstić information content (AvgIpc) is 2.98. The van der Waals surface area contributed by atoms with E-state index in [9.17, 15) is 9.18 Å². The molecule has 2 rings (SSSR count). The standard InChI is InChI=1S/C17H21FN2O/c18-16-12-15(9-8-14(16)6-3-11-19)20-17(21)10-7-13-4-1-2-5-13/h8-9,12-13H,1-2,4-5,7,10-11,19H2,(H,20,21). The highest BCUT2D eigenvalue weighted by Crippen LogP contribution is 2.28. The zero-order valence-corrected chi connectivity index (χ0v) is 12.1. The summed E-state index contributed by atoms with van der Waals surface area (Å²) < 4.78 is 13.8. The van der Waals surface area contributed by atoms with E-state index in [-0.39, 0.29) is 12.5 Å². The molecule has 1 aliphatic carbocycles. The van der Waals surface area contributed by atoms with Crippen molar-refractivity contribution in [1.82, 2.24) is 0 Å². The zero-order valence-electron chi connectivity index (χ0n) is 12.1. The van der Waals surface area contributed by atoms with Crippen molar-refractivity contribution in [3.63, 3.8) is 0 Å². The third-order valence-corrected chi connectivity index (χ3v) is 3.83. The van der Waals surface area contributed by atoms with Crippen LogP contribution in [-0.2, 0) is 4.79 Å². The molecule has 1 fully saturated rings. The van der Waals surface area contributed by atoms with Crippen molar-refractivity contribution < 1.29 is 9.18 Å². The van der Waals surface area contributed by atoms with Crippen molar-refractivity contribution in [2.24, 2.45) is 11.7 Å². The Morgan fingerprint density at radius 2 is 2.14 bits per heavy atom. The number of halogens is 1. The lowest BCUT2D eigenvalue weighted by molar-refractivity contribution is -0.116. The van der Waals surface area contributed by atoms with Crippen LogP contribution in [0.5, 0.6) is 0 Å². The summed E-state index contributed by atoms with van der Waals surface area (Å²) in [4.78, 5) is 11.9. The van der Waals surface area contributed by atoms with E-state index in [1.807, 2.05) is 0 Å². The van der Waals surface area contributed by atoms with Crippen molar-refractivity contribution in [1.29, 1.82) is 0 Å². The Morgan fingerprint density at radius 1 is 1.38 bits per heavy atom. The van der Waals surface area contributed by atoms with E-state index < -0.39 is 5.82 Å². The molecule has 0 aliphatic heterocycles. The lowest BCUT2D eigenvalue weighted by Gasteiger charge is -2.09. The summed E-state index contributed by atoms with van der Waals surface area (Å²) in [6, 6.07) is 4.52. The van der Waals surface area contributed by atoms with Gasteiger partial charge in [-0.2, -0.15) is 0 Å². The summed E-state index contributed by atoms with van der Waals surface area (Å²) in [5.74, 6) is 5.45. The van der Waals surface area contributed by atoms with Crippen molar-refractivity contribution >= 4 is 11.6 Å². The predicted molar refractivity (Wildman–Crippen MR) is 82.2 cm³/mol. The molecule has 0 aromatic heterocycles. The maximum Gasteiger partial charge on any atom is 0.224 e. The first-order valence-corrected chi connectivity index (χ1v) is 7.47. The minimum absolute atomic E-state index is 0.0536. The molecule has 1 amide bonds. The van der Waals surface area contributed by atoms with Gasteiger partial charge in [-0.3, -0.25) is 4.79 Å². The molecule has 0 radical (unpaired) electrons. The number of rotatable bonds is 4. The number of nitrogens with one attached hydrogen (secondary N) is 1. The molecule has 112 valence electrons. The second-order valence-electron chi connectivity index (χ2n) is 5.44. The van der Waals surface area contributed by atoms with Gasteiger partial charge in [0.25, 0.3) is 0 Å². The van der Waals surface area contributed by atoms with Crippen molar-refractivity contribution in [3.05, 3.63) is 29.6 Å². The first-order chi connectivity index (χ1) is 10.2. The van der Waals surface area contributed by atoms with Gasteiger partial charge in [-0.25, -0.2) is 4.39 Å². The summed E-state index contributed by atoms with van der Waals surface area (Å²) in [6.45, 7) is 0.194. The molecule has 0 heterocycles. The Morgan fingerprint density at radius 3 is 2.81 bits per heavy atom. The lowest BCUT2D eigenvalue weighted by Crippen LogP contribution is -2.13. The molecule has 0 saturated heterocycles. The van der Waals surface area contributed by atoms with Gasteiger partial charge >= 0.3 is 0 Å². The Balaban J connectivity index is 1.87. The van der Waals surface area contributed by atoms with Crippen LogP contribution in [0.15, 0.2) is 18.2 Å². The van der Waals surface area contributed by atoms with E-state index in [0.29, 0.717) is 23.6 Å². The Labute approximate surface area is 125 Å². The van der Waals surface area contributed by atoms with Gasteiger partial charge in [0.1, 0.15) is 5.82 Å². The molecule has 1 aliphatic rings. The van der Waals surface area contributed by atoms with E-state index in [4.69, 9.17) is 5.73 Å². The number of anilines is 1. The van der Waals surface area contributed by atoms with Crippen molar-refractivity contribution in [2.45, 2.75) is 38.5 Å². The van der Waals surface area contributed by atoms with Gasteiger partial charge in [0.2, 0.25) is 5.91 Å². The van der Waals surface area contributed by atoms with Gasteiger partial charge in [0, 0.05) is 12.1 Å². The topological polar surface area (TPSA) is 55.1 Å². The highest BCUT2D eigenvalue weighted by Gasteiger charge is 2.16. The van der Waals surface area contributed by atoms with Gasteiger partial charge in [0.05, 0.1) is 12.1 Å². The number of amides is 1. The fourth-order valence-electron chi connectivity index (χ4n) is 2.70. The van der Waals surface area contributed by atoms with Crippen LogP contribution in [0.3, 0.4) is 0 Å². The SMILES string of the molecule is NCC#Cc1ccc(NC(=O)CCC2CCCC2)cc1F. The number of benzene rings is 1. The van der Waals surface area contributed by atoms with Crippen LogP contribution in [-0.4, -0.2) is 12.5 Å². The zero-order chi connectivity index (χ0) is 15.1. The molecule has 4 heteroatoms. The molecule has 1 saturated carbocycles. The molecule has 1 aromatic rings. The predicted octanol–water partition coefficient (Wildman–Crippen LogP) is 3.04. The van der Waals surface area contributed by atoms with Gasteiger partial charge in [-0.05, 0) is 30.5 Å². The molecule has 1 aromatic carbocycles. The monoisotopic (exact) mass is 288 g/mol. The summed E-state index contributed by atoms with van der Waals surface area (Å²) in [7, 11) is 0. The summed E-state index contributed by atoms with van der Waals surface area (Å²) in [6.07, 6.45) is 6.45. The average molecular weight is 288 g/mol. The maximum atomic E-state index is 13.8. The van der Waals surface area contributed by atoms with Crippen LogP contribution in [0, 0.1) is 23.6 Å². The second kappa shape index (κ2) is 7.80. The van der Waals surface area contributed by atoms with Gasteiger partial charge in [-0.1, -0.05) is 37.5 Å². The third-order valence-electron chi connectivity index (χ3n) is 3.83. The third kappa shape index (κ3) is 4.87. The summed E-state index contributed by atoms with van der Waals surface area (Å²) in [5.41, 5.74) is 6.02. The highest BCUT2D eigenvalue weighted by atomic mass is 19.1. The molecule has 0 unspecified atom stereocenters. The van der Waals surface area contributed by atoms with E-state index in [0.717, 1.165) is 6.42 Å². The maximum absolute atomic E-state index is 13.8. The molecule has 0 spiro atoms. The van der Waals surface area contributed by atoms with Crippen molar-refractivity contribution in [3.8, 4) is 11.8 Å². The smallest absolute Gasteiger partial charge is 0.224 e. The number of carbonyl (C=O) groups excluding carboxylic acids is 1. The minimum atomic E-state index is -0.440. The van der Waals surface area contributed by atoms with Crippen LogP contribution in [0.2, 0.25) is 0 Å². The molecular weight excluding hydrogens is 267 g/mol. The van der Waals surface area contributed by atoms with Gasteiger partial charge in [-0.15, -0.1) is 0 Å². The van der Waals surface area contributed by atoms with Crippen LogP contribution in [0.4, 0.5) is 10.1 Å². The number of hydrogen-bond acceptors (Lipinski definition) is 2. The molecule has 3 N–H and O–H groups in total. The van der Waals surface area contributed by atoms with Crippen LogP contribution < -0.4 is 11.1 Å². The normalized spacial score (nSPS) is 14.6. The van der Waals surface area contributed by atoms with Crippen LogP contribution in [0.1, 0.15) is 44.1 Å². The molecule has 0 atom stereocenters. The molecular formula is C17H21FN2O. The number of carbonyl (C=O) groups is 1. The van der Waals surface area contributed by atoms with E-state index in [1.165, 1.54) is 31.7 Å². The largest absolute Gasteiger partial charge is 0.326 e.